The summed E-state index contributed by atoms with van der Waals surface area (Å²) in [4.78, 5) is 65.3. The van der Waals surface area contributed by atoms with E-state index < -0.39 is 35.6 Å². The zero-order chi connectivity index (χ0) is 18.3. The summed E-state index contributed by atoms with van der Waals surface area (Å²) >= 11 is 0. The largest absolute Gasteiger partial charge is 2.00 e. The van der Waals surface area contributed by atoms with Crippen LogP contribution < -0.4 is 0 Å². The minimum absolute atomic E-state index is 0. The summed E-state index contributed by atoms with van der Waals surface area (Å²) in [5, 5.41) is 16.6. The van der Waals surface area contributed by atoms with Gasteiger partial charge in [0.15, 0.2) is 0 Å². The van der Waals surface area contributed by atoms with Gasteiger partial charge in [0, 0.05) is 37.4 Å². The number of imide groups is 2. The molecule has 0 saturated heterocycles. The van der Waals surface area contributed by atoms with Gasteiger partial charge >= 0.3 is 29.0 Å². The van der Waals surface area contributed by atoms with E-state index in [1.54, 1.807) is 0 Å². The van der Waals surface area contributed by atoms with E-state index in [0.717, 1.165) is 34.1 Å². The number of carboxylic acids is 2. The van der Waals surface area contributed by atoms with Crippen molar-refractivity contribution in [3.05, 3.63) is 24.3 Å². The second-order valence-corrected chi connectivity index (χ2v) is 4.61. The Morgan fingerprint density at radius 1 is 0.667 bits per heavy atom. The van der Waals surface area contributed by atoms with Gasteiger partial charge in [-0.15, -0.1) is 0 Å². The third kappa shape index (κ3) is 9.42. The Labute approximate surface area is 163 Å². The van der Waals surface area contributed by atoms with Crippen molar-refractivity contribution in [3.63, 3.8) is 0 Å². The van der Waals surface area contributed by atoms with Crippen LogP contribution >= 0.6 is 0 Å². The molecule has 2 rings (SSSR count). The van der Waals surface area contributed by atoms with E-state index in [4.69, 9.17) is 10.2 Å². The molecule has 0 aromatic carbocycles. The number of nitrogens with zero attached hydrogens (tertiary/aromatic N) is 2. The van der Waals surface area contributed by atoms with Crippen LogP contribution in [0.15, 0.2) is 24.3 Å². The number of amides is 4. The number of carbonyl (C=O) groups excluding carboxylic acids is 4. The molecule has 0 atom stereocenters. The standard InChI is InChI=1S/2C7H7NO4.Cu.2H2O/c2*9-5-1-2-6(10)8(5)4-3-7(11)12;;;/h2*1-2H,3-4H2,(H,11,12);;2*1H2/q;;+2;;. The molecule has 0 fully saturated rings. The molecular weight excluding hydrogens is 420 g/mol. The van der Waals surface area contributed by atoms with Crippen molar-refractivity contribution in [2.24, 2.45) is 0 Å². The predicted molar refractivity (Wildman–Crippen MR) is 83.5 cm³/mol. The second kappa shape index (κ2) is 13.4. The first-order valence-corrected chi connectivity index (χ1v) is 6.73. The Bertz CT molecular complexity index is 566. The smallest absolute Gasteiger partial charge is 0.481 e. The monoisotopic (exact) mass is 437 g/mol. The molecule has 0 aromatic rings. The molecule has 0 bridgehead atoms. The fraction of sp³-hybridized carbons (Fsp3) is 0.286. The van der Waals surface area contributed by atoms with Crippen LogP contribution in [0.4, 0.5) is 0 Å². The SMILES string of the molecule is O.O.O=C(O)CCN1C(=O)C=CC1=O.O=C(O)CCN1C(=O)C=CC1=O.[Cu+2]. The fourth-order valence-electron chi connectivity index (χ4n) is 1.72. The maximum absolute atomic E-state index is 10.8. The normalized spacial score (nSPS) is 14.1. The average Bonchev–Trinajstić information content (AvgIpc) is 2.98. The predicted octanol–water partition coefficient (Wildman–Crippen LogP) is -2.88. The van der Waals surface area contributed by atoms with E-state index >= 15 is 0 Å². The van der Waals surface area contributed by atoms with Crippen LogP contribution in [0.2, 0.25) is 0 Å². The fourth-order valence-corrected chi connectivity index (χ4v) is 1.72. The van der Waals surface area contributed by atoms with E-state index in [-0.39, 0.29) is 54.0 Å². The molecule has 2 heterocycles. The summed E-state index contributed by atoms with van der Waals surface area (Å²) in [5.74, 6) is -3.82. The van der Waals surface area contributed by atoms with Crippen LogP contribution in [0.5, 0.6) is 0 Å². The van der Waals surface area contributed by atoms with Crippen LogP contribution in [0.3, 0.4) is 0 Å². The van der Waals surface area contributed by atoms with Gasteiger partial charge in [0.05, 0.1) is 12.8 Å². The second-order valence-electron chi connectivity index (χ2n) is 4.61. The summed E-state index contributed by atoms with van der Waals surface area (Å²) in [6.07, 6.45) is 4.10. The van der Waals surface area contributed by atoms with Crippen LogP contribution in [-0.4, -0.2) is 79.6 Å². The number of rotatable bonds is 6. The number of hydrogen-bond acceptors (Lipinski definition) is 6. The first-order valence-electron chi connectivity index (χ1n) is 6.73. The van der Waals surface area contributed by atoms with E-state index in [9.17, 15) is 28.8 Å². The molecule has 0 aromatic heterocycles. The number of carbonyl (C=O) groups is 6. The first-order chi connectivity index (χ1) is 11.2. The Morgan fingerprint density at radius 3 is 1.07 bits per heavy atom. The van der Waals surface area contributed by atoms with Gasteiger partial charge in [0.2, 0.25) is 0 Å². The number of carboxylic acid groups (broad SMARTS) is 2. The molecule has 2 aliphatic heterocycles. The summed E-state index contributed by atoms with van der Waals surface area (Å²) < 4.78 is 0. The molecule has 27 heavy (non-hydrogen) atoms. The van der Waals surface area contributed by atoms with Crippen molar-refractivity contribution in [2.75, 3.05) is 13.1 Å². The van der Waals surface area contributed by atoms with Crippen LogP contribution in [-0.2, 0) is 45.8 Å². The molecule has 153 valence electrons. The topological polar surface area (TPSA) is 212 Å². The van der Waals surface area contributed by atoms with Crippen molar-refractivity contribution < 1.29 is 67.0 Å². The van der Waals surface area contributed by atoms with Crippen molar-refractivity contribution in [3.8, 4) is 0 Å². The van der Waals surface area contributed by atoms with Crippen LogP contribution in [0.1, 0.15) is 12.8 Å². The molecule has 4 amide bonds. The molecule has 0 saturated carbocycles. The van der Waals surface area contributed by atoms with Crippen molar-refractivity contribution >= 4 is 35.6 Å². The molecular formula is C14H18CuN2O10+2. The third-order valence-electron chi connectivity index (χ3n) is 2.90. The van der Waals surface area contributed by atoms with Crippen molar-refractivity contribution in [1.82, 2.24) is 9.80 Å². The Balaban J connectivity index is -0.000000384. The average molecular weight is 438 g/mol. The molecule has 2 aliphatic rings. The summed E-state index contributed by atoms with van der Waals surface area (Å²) in [6, 6.07) is 0. The van der Waals surface area contributed by atoms with Gasteiger partial charge in [0.1, 0.15) is 0 Å². The maximum Gasteiger partial charge on any atom is 2.00 e. The molecule has 0 aliphatic carbocycles. The zero-order valence-corrected chi connectivity index (χ0v) is 14.6. The van der Waals surface area contributed by atoms with Crippen LogP contribution in [0, 0.1) is 0 Å². The molecule has 6 N–H and O–H groups in total. The summed E-state index contributed by atoms with van der Waals surface area (Å²) in [6.45, 7) is -0.111. The van der Waals surface area contributed by atoms with Gasteiger partial charge < -0.3 is 21.2 Å². The van der Waals surface area contributed by atoms with E-state index in [0.29, 0.717) is 0 Å². The van der Waals surface area contributed by atoms with Crippen LogP contribution in [0.25, 0.3) is 0 Å². The first kappa shape index (κ1) is 28.9. The minimum Gasteiger partial charge on any atom is -0.481 e. The Morgan fingerprint density at radius 2 is 0.889 bits per heavy atom. The van der Waals surface area contributed by atoms with E-state index in [1.807, 2.05) is 0 Å². The van der Waals surface area contributed by atoms with E-state index in [2.05, 4.69) is 0 Å². The van der Waals surface area contributed by atoms with Gasteiger partial charge in [-0.2, -0.15) is 0 Å². The zero-order valence-electron chi connectivity index (χ0n) is 13.7. The third-order valence-corrected chi connectivity index (χ3v) is 2.90. The Kier molecular flexibility index (Phi) is 14.3. The quantitative estimate of drug-likeness (QED) is 0.324. The molecule has 1 radical (unpaired) electrons. The van der Waals surface area contributed by atoms with Gasteiger partial charge in [-0.3, -0.25) is 38.6 Å². The summed E-state index contributed by atoms with van der Waals surface area (Å²) in [5.41, 5.74) is 0. The van der Waals surface area contributed by atoms with Crippen molar-refractivity contribution in [1.29, 1.82) is 0 Å². The van der Waals surface area contributed by atoms with Gasteiger partial charge in [-0.05, 0) is 0 Å². The maximum atomic E-state index is 10.8. The Hall–Kier alpha value is -2.86. The molecule has 0 spiro atoms. The summed E-state index contributed by atoms with van der Waals surface area (Å²) in [7, 11) is 0. The van der Waals surface area contributed by atoms with Gasteiger partial charge in [0.25, 0.3) is 23.6 Å². The van der Waals surface area contributed by atoms with Gasteiger partial charge in [-0.25, -0.2) is 0 Å². The van der Waals surface area contributed by atoms with Crippen molar-refractivity contribution in [2.45, 2.75) is 12.8 Å². The molecule has 12 nitrogen and oxygen atoms in total. The molecule has 0 unspecified atom stereocenters. The number of aliphatic carboxylic acids is 2. The number of hydrogen-bond donors (Lipinski definition) is 2. The van der Waals surface area contributed by atoms with Gasteiger partial charge in [-0.1, -0.05) is 0 Å². The minimum atomic E-state index is -1.03. The molecule has 13 heteroatoms. The van der Waals surface area contributed by atoms with E-state index in [1.165, 1.54) is 0 Å².